The largest absolute Gasteiger partial charge is 0.502 e. The van der Waals surface area contributed by atoms with Crippen LogP contribution < -0.4 is 15.2 Å². The molecule has 5 rings (SSSR count). The number of rotatable bonds is 2. The van der Waals surface area contributed by atoms with Gasteiger partial charge >= 0.3 is 0 Å². The van der Waals surface area contributed by atoms with E-state index in [1.807, 2.05) is 61.3 Å². The van der Waals surface area contributed by atoms with Gasteiger partial charge in [-0.1, -0.05) is 61.5 Å². The summed E-state index contributed by atoms with van der Waals surface area (Å²) in [7, 11) is 0. The second-order valence-corrected chi connectivity index (χ2v) is 9.34. The van der Waals surface area contributed by atoms with Crippen molar-refractivity contribution >= 4 is 5.91 Å². The molecular formula is C28H28FN3O4. The lowest BCUT2D eigenvalue weighted by Crippen LogP contribution is -2.61. The minimum Gasteiger partial charge on any atom is -0.502 e. The lowest BCUT2D eigenvalue weighted by molar-refractivity contribution is 0.0392. The van der Waals surface area contributed by atoms with Crippen molar-refractivity contribution in [3.63, 3.8) is 0 Å². The summed E-state index contributed by atoms with van der Waals surface area (Å²) in [6, 6.07) is 14.9. The highest BCUT2D eigenvalue weighted by molar-refractivity contribution is 5.96. The molecule has 1 amide bonds. The summed E-state index contributed by atoms with van der Waals surface area (Å²) in [5, 5.41) is 12.7. The third kappa shape index (κ3) is 3.82. The molecule has 3 heterocycles. The highest BCUT2D eigenvalue weighted by Crippen LogP contribution is 2.40. The second-order valence-electron chi connectivity index (χ2n) is 9.34. The first-order chi connectivity index (χ1) is 17.4. The summed E-state index contributed by atoms with van der Waals surface area (Å²) in [6.07, 6.45) is 6.38. The molecule has 36 heavy (non-hydrogen) atoms. The number of carbonyl (C=O) groups excluding carboxylic acids is 1. The molecule has 2 bridgehead atoms. The van der Waals surface area contributed by atoms with Gasteiger partial charge in [0.05, 0.1) is 0 Å². The van der Waals surface area contributed by atoms with Crippen LogP contribution in [0, 0.1) is 5.82 Å². The fourth-order valence-corrected chi connectivity index (χ4v) is 4.98. The van der Waals surface area contributed by atoms with E-state index in [9.17, 15) is 14.7 Å². The predicted molar refractivity (Wildman–Crippen MR) is 134 cm³/mol. The van der Waals surface area contributed by atoms with Crippen molar-refractivity contribution in [2.24, 2.45) is 0 Å². The number of hydrogen-bond acceptors (Lipinski definition) is 5. The average molecular weight is 490 g/mol. The summed E-state index contributed by atoms with van der Waals surface area (Å²) < 4.78 is 22.6. The normalized spacial score (nSPS) is 22.5. The number of carbonyl (C=O) groups is 1. The zero-order chi connectivity index (χ0) is 25.4. The maximum absolute atomic E-state index is 15.1. The molecule has 8 heteroatoms. The van der Waals surface area contributed by atoms with Crippen LogP contribution in [0.4, 0.5) is 4.39 Å². The van der Waals surface area contributed by atoms with Crippen molar-refractivity contribution < 1.29 is 19.0 Å². The number of para-hydroxylation sites is 1. The van der Waals surface area contributed by atoms with Gasteiger partial charge < -0.3 is 14.7 Å². The van der Waals surface area contributed by atoms with Crippen molar-refractivity contribution in [1.29, 1.82) is 0 Å². The smallest absolute Gasteiger partial charge is 0.278 e. The molecule has 2 aliphatic heterocycles. The lowest BCUT2D eigenvalue weighted by Gasteiger charge is -2.50. The van der Waals surface area contributed by atoms with Crippen molar-refractivity contribution in [3.8, 4) is 11.5 Å². The molecule has 3 aromatic rings. The van der Waals surface area contributed by atoms with Gasteiger partial charge in [-0.25, -0.2) is 4.39 Å². The summed E-state index contributed by atoms with van der Waals surface area (Å²) in [5.74, 6) is -1.42. The molecule has 1 N–H and O–H groups in total. The summed E-state index contributed by atoms with van der Waals surface area (Å²) in [4.78, 5) is 27.9. The Kier molecular flexibility index (Phi) is 6.04. The van der Waals surface area contributed by atoms with Crippen LogP contribution in [0.15, 0.2) is 77.7 Å². The number of ether oxygens (including phenoxy) is 1. The molecule has 2 atom stereocenters. The SMILES string of the molecule is CC[C@@]1(C)C/C=C/COc2c(F)cccc2[C@@H](c2ccccc2)N2CN1C(=O)c1c(O)c(=O)ccn12. The number of hydrogen-bond donors (Lipinski definition) is 1. The van der Waals surface area contributed by atoms with Crippen molar-refractivity contribution in [2.45, 2.75) is 38.3 Å². The molecule has 0 fully saturated rings. The van der Waals surface area contributed by atoms with E-state index >= 15 is 4.39 Å². The highest BCUT2D eigenvalue weighted by atomic mass is 19.1. The molecule has 0 radical (unpaired) electrons. The Morgan fingerprint density at radius 1 is 1.08 bits per heavy atom. The van der Waals surface area contributed by atoms with E-state index in [-0.39, 0.29) is 24.7 Å². The molecule has 0 spiro atoms. The van der Waals surface area contributed by atoms with Gasteiger partial charge in [0.2, 0.25) is 5.43 Å². The van der Waals surface area contributed by atoms with Crippen LogP contribution in [0.2, 0.25) is 0 Å². The third-order valence-corrected chi connectivity index (χ3v) is 7.23. The maximum atomic E-state index is 15.1. The van der Waals surface area contributed by atoms with E-state index in [2.05, 4.69) is 0 Å². The van der Waals surface area contributed by atoms with Crippen LogP contribution in [0.5, 0.6) is 11.5 Å². The van der Waals surface area contributed by atoms with Gasteiger partial charge in [0, 0.05) is 23.4 Å². The van der Waals surface area contributed by atoms with Gasteiger partial charge in [0.15, 0.2) is 23.0 Å². The van der Waals surface area contributed by atoms with Crippen LogP contribution >= 0.6 is 0 Å². The Labute approximate surface area is 208 Å². The minimum atomic E-state index is -0.637. The minimum absolute atomic E-state index is 0.116. The summed E-state index contributed by atoms with van der Waals surface area (Å²) in [6.45, 7) is 4.30. The first-order valence-corrected chi connectivity index (χ1v) is 12.0. The van der Waals surface area contributed by atoms with Crippen LogP contribution in [0.25, 0.3) is 0 Å². The standard InChI is InChI=1S/C28H28FN3O4/c1-3-28(2)15-7-8-17-36-26-20(12-9-13-21(26)29)23(19-10-5-4-6-11-19)32-18-30(28)27(35)24-25(34)22(33)14-16-31(24)32/h4-14,16,23,34H,3,15,17-18H2,1-2H3/b8-7+/t23-,28+/m1/s1. The predicted octanol–water partition coefficient (Wildman–Crippen LogP) is 4.34. The van der Waals surface area contributed by atoms with Gasteiger partial charge in [-0.15, -0.1) is 0 Å². The topological polar surface area (TPSA) is 75.0 Å². The zero-order valence-electron chi connectivity index (χ0n) is 20.2. The molecule has 2 aliphatic rings. The Balaban J connectivity index is 1.84. The number of benzene rings is 2. The number of halogens is 1. The number of nitrogens with zero attached hydrogens (tertiary/aromatic N) is 3. The Bertz CT molecular complexity index is 1390. The average Bonchev–Trinajstić information content (AvgIpc) is 2.88. The van der Waals surface area contributed by atoms with Crippen molar-refractivity contribution in [3.05, 3.63) is 106 Å². The zero-order valence-corrected chi connectivity index (χ0v) is 20.2. The van der Waals surface area contributed by atoms with Crippen LogP contribution in [0.3, 0.4) is 0 Å². The maximum Gasteiger partial charge on any atom is 0.278 e. The van der Waals surface area contributed by atoms with E-state index in [0.29, 0.717) is 18.4 Å². The monoisotopic (exact) mass is 489 g/mol. The van der Waals surface area contributed by atoms with Crippen LogP contribution in [-0.4, -0.2) is 39.4 Å². The van der Waals surface area contributed by atoms with Gasteiger partial charge in [-0.2, -0.15) is 0 Å². The quantitative estimate of drug-likeness (QED) is 0.542. The van der Waals surface area contributed by atoms with E-state index in [1.54, 1.807) is 17.0 Å². The van der Waals surface area contributed by atoms with Gasteiger partial charge in [-0.05, 0) is 31.4 Å². The summed E-state index contributed by atoms with van der Waals surface area (Å²) in [5.41, 5.74) is 0.0283. The Hall–Kier alpha value is -4.07. The fourth-order valence-electron chi connectivity index (χ4n) is 4.98. The molecule has 0 saturated carbocycles. The fraction of sp³-hybridized carbons (Fsp3) is 0.286. The third-order valence-electron chi connectivity index (χ3n) is 7.23. The lowest BCUT2D eigenvalue weighted by atomic mass is 9.90. The van der Waals surface area contributed by atoms with E-state index < -0.39 is 34.5 Å². The van der Waals surface area contributed by atoms with Crippen molar-refractivity contribution in [1.82, 2.24) is 9.58 Å². The van der Waals surface area contributed by atoms with Gasteiger partial charge in [0.25, 0.3) is 5.91 Å². The van der Waals surface area contributed by atoms with E-state index in [4.69, 9.17) is 4.74 Å². The van der Waals surface area contributed by atoms with E-state index in [0.717, 1.165) is 5.56 Å². The number of pyridine rings is 1. The molecule has 0 aliphatic carbocycles. The molecule has 0 unspecified atom stereocenters. The number of fused-ring (bicyclic) bond motifs is 5. The second kappa shape index (κ2) is 9.18. The summed E-state index contributed by atoms with van der Waals surface area (Å²) >= 11 is 0. The van der Waals surface area contributed by atoms with Crippen LogP contribution in [0.1, 0.15) is 54.3 Å². The number of amides is 1. The highest BCUT2D eigenvalue weighted by Gasteiger charge is 2.43. The molecular weight excluding hydrogens is 461 g/mol. The first-order valence-electron chi connectivity index (χ1n) is 12.0. The number of aromatic hydroxyl groups is 1. The number of aromatic nitrogens is 1. The molecule has 7 nitrogen and oxygen atoms in total. The Morgan fingerprint density at radius 3 is 2.61 bits per heavy atom. The Morgan fingerprint density at radius 2 is 1.86 bits per heavy atom. The molecule has 186 valence electrons. The van der Waals surface area contributed by atoms with Crippen LogP contribution in [-0.2, 0) is 0 Å². The molecule has 0 saturated heterocycles. The molecule has 2 aromatic carbocycles. The molecule has 1 aromatic heterocycles. The van der Waals surface area contributed by atoms with E-state index in [1.165, 1.54) is 23.0 Å². The first kappa shape index (κ1) is 23.7. The van der Waals surface area contributed by atoms with Gasteiger partial charge in [0.1, 0.15) is 19.3 Å². The van der Waals surface area contributed by atoms with Gasteiger partial charge in [-0.3, -0.25) is 19.3 Å². The van der Waals surface area contributed by atoms with Crippen molar-refractivity contribution in [2.75, 3.05) is 18.3 Å².